The van der Waals surface area contributed by atoms with Crippen molar-refractivity contribution in [2.24, 2.45) is 17.8 Å². The minimum absolute atomic E-state index is 0. The molecule has 49 heavy (non-hydrogen) atoms. The Morgan fingerprint density at radius 3 is 2.22 bits per heavy atom. The monoisotopic (exact) mass is 838 g/mol. The van der Waals surface area contributed by atoms with Gasteiger partial charge in [-0.1, -0.05) is 97.5 Å². The molecule has 0 aliphatic rings. The zero-order valence-electron chi connectivity index (χ0n) is 30.7. The molecule has 3 aromatic heterocycles. The summed E-state index contributed by atoms with van der Waals surface area (Å²) in [5, 5.41) is 13.1. The maximum Gasteiger partial charge on any atom is 0.226 e. The number of pyridine rings is 2. The third-order valence-electron chi connectivity index (χ3n) is 9.13. The first-order chi connectivity index (χ1) is 22.9. The summed E-state index contributed by atoms with van der Waals surface area (Å²) in [5.41, 5.74) is 7.08. The van der Waals surface area contributed by atoms with Crippen molar-refractivity contribution in [1.29, 1.82) is 0 Å². The molecule has 0 atom stereocenters. The maximum atomic E-state index is 11.7. The second-order valence-electron chi connectivity index (χ2n) is 14.2. The van der Waals surface area contributed by atoms with E-state index in [2.05, 4.69) is 89.2 Å². The van der Waals surface area contributed by atoms with Crippen LogP contribution in [0.5, 0.6) is 0 Å². The predicted molar refractivity (Wildman–Crippen MR) is 200 cm³/mol. The van der Waals surface area contributed by atoms with Gasteiger partial charge in [0.2, 0.25) is 5.71 Å². The zero-order chi connectivity index (χ0) is 35.0. The second kappa shape index (κ2) is 17.9. The van der Waals surface area contributed by atoms with E-state index < -0.39 is 0 Å². The van der Waals surface area contributed by atoms with Gasteiger partial charge in [-0.2, -0.15) is 0 Å². The van der Waals surface area contributed by atoms with E-state index >= 15 is 0 Å². The van der Waals surface area contributed by atoms with Crippen molar-refractivity contribution in [3.8, 4) is 22.4 Å². The number of hydrogen-bond donors (Lipinski definition) is 1. The Labute approximate surface area is 307 Å². The summed E-state index contributed by atoms with van der Waals surface area (Å²) in [6, 6.07) is 22.7. The van der Waals surface area contributed by atoms with Crippen molar-refractivity contribution < 1.29 is 34.4 Å². The Balaban J connectivity index is 0.000000347. The number of aromatic nitrogens is 2. The van der Waals surface area contributed by atoms with Gasteiger partial charge < -0.3 is 9.52 Å². The molecule has 5 nitrogen and oxygen atoms in total. The van der Waals surface area contributed by atoms with Crippen LogP contribution in [0, 0.1) is 23.8 Å². The Hall–Kier alpha value is -3.60. The summed E-state index contributed by atoms with van der Waals surface area (Å²) < 4.78 is 5.85. The number of carbonyl (C=O) groups excluding carboxylic acids is 1. The van der Waals surface area contributed by atoms with E-state index in [0.29, 0.717) is 11.6 Å². The number of benzene rings is 2. The summed E-state index contributed by atoms with van der Waals surface area (Å²) in [6.07, 6.45) is 9.52. The van der Waals surface area contributed by atoms with Crippen LogP contribution in [-0.4, -0.2) is 20.9 Å². The quantitative estimate of drug-likeness (QED) is 0.0815. The number of fused-ring (bicyclic) bond motifs is 2. The summed E-state index contributed by atoms with van der Waals surface area (Å²) in [6.45, 7) is 19.2. The van der Waals surface area contributed by atoms with Gasteiger partial charge >= 0.3 is 0 Å². The molecule has 263 valence electrons. The van der Waals surface area contributed by atoms with Crippen LogP contribution in [0.3, 0.4) is 0 Å². The minimum atomic E-state index is 0. The van der Waals surface area contributed by atoms with E-state index in [9.17, 15) is 9.90 Å². The molecule has 0 spiro atoms. The second-order valence-corrected chi connectivity index (χ2v) is 14.2. The van der Waals surface area contributed by atoms with Crippen molar-refractivity contribution in [2.75, 3.05) is 0 Å². The van der Waals surface area contributed by atoms with Gasteiger partial charge in [-0.25, -0.2) is 4.98 Å². The van der Waals surface area contributed by atoms with E-state index in [0.717, 1.165) is 71.0 Å². The number of furan rings is 1. The van der Waals surface area contributed by atoms with Gasteiger partial charge in [0.1, 0.15) is 6.26 Å². The first-order valence-electron chi connectivity index (χ1n) is 17.6. The number of hydrogen-bond acceptors (Lipinski definition) is 5. The SMILES string of the molecule is CC(C)Cc1ccc2c(-c3ccnc(-c4[c-]c5ccccc5c(C(C)(C)C)c4)c3)coc2n1.CCC(CC)C(=O)/C=C(\O)C(CC)CC.[Ir]. The molecule has 0 bridgehead atoms. The number of ketones is 1. The molecule has 1 N–H and O–H groups in total. The largest absolute Gasteiger partial charge is 0.512 e. The van der Waals surface area contributed by atoms with E-state index in [1.165, 1.54) is 17.0 Å². The maximum absolute atomic E-state index is 11.7. The summed E-state index contributed by atoms with van der Waals surface area (Å²) in [7, 11) is 0. The fourth-order valence-electron chi connectivity index (χ4n) is 6.22. The minimum Gasteiger partial charge on any atom is -0.512 e. The standard InChI is InChI=1S/C30H29N2O.C13H24O2.Ir/c1-19(2)14-23-10-11-25-26(18-33-29(25)32-23)21-12-13-31-28(17-21)22-15-20-8-6-7-9-24(20)27(16-22)30(3,4)5;1-5-10(6-2)12(14)9-13(15)11(7-3)8-4;/h6-13,16-19H,14H2,1-5H3;9-11,14H,5-8H2,1-4H3;/q-1;;/b;12-9-;. The zero-order valence-corrected chi connectivity index (χ0v) is 33.1. The van der Waals surface area contributed by atoms with Crippen molar-refractivity contribution in [3.63, 3.8) is 0 Å². The van der Waals surface area contributed by atoms with Crippen LogP contribution in [0.1, 0.15) is 99.3 Å². The van der Waals surface area contributed by atoms with E-state index in [-0.39, 0.29) is 48.9 Å². The van der Waals surface area contributed by atoms with Gasteiger partial charge in [0, 0.05) is 66.6 Å². The third kappa shape index (κ3) is 9.99. The van der Waals surface area contributed by atoms with Crippen LogP contribution in [0.25, 0.3) is 44.3 Å². The summed E-state index contributed by atoms with van der Waals surface area (Å²) in [5.74, 6) is 1.11. The Bertz CT molecular complexity index is 1860. The molecule has 0 aliphatic heterocycles. The molecule has 5 aromatic rings. The van der Waals surface area contributed by atoms with E-state index in [1.54, 1.807) is 6.26 Å². The summed E-state index contributed by atoms with van der Waals surface area (Å²) >= 11 is 0. The number of aliphatic hydroxyl groups excluding tert-OH is 1. The van der Waals surface area contributed by atoms with Crippen molar-refractivity contribution in [1.82, 2.24) is 9.97 Å². The van der Waals surface area contributed by atoms with E-state index in [4.69, 9.17) is 14.4 Å². The third-order valence-corrected chi connectivity index (χ3v) is 9.13. The number of nitrogens with zero attached hydrogens (tertiary/aromatic N) is 2. The molecular weight excluding hydrogens is 785 g/mol. The van der Waals surface area contributed by atoms with Crippen molar-refractivity contribution in [2.45, 2.75) is 99.8 Å². The first-order valence-corrected chi connectivity index (χ1v) is 17.6. The molecule has 2 aromatic carbocycles. The molecule has 0 saturated heterocycles. The van der Waals surface area contributed by atoms with E-state index in [1.807, 2.05) is 40.0 Å². The van der Waals surface area contributed by atoms with Gasteiger partial charge in [-0.05, 0) is 67.2 Å². The first kappa shape index (κ1) is 39.8. The molecule has 0 amide bonds. The van der Waals surface area contributed by atoms with Gasteiger partial charge in [-0.15, -0.1) is 29.1 Å². The molecule has 0 saturated carbocycles. The fraction of sp³-hybridized carbons (Fsp3) is 0.419. The Morgan fingerprint density at radius 1 is 0.918 bits per heavy atom. The van der Waals surface area contributed by atoms with Crippen LogP contribution in [0.2, 0.25) is 0 Å². The van der Waals surface area contributed by atoms with Gasteiger partial charge in [0.15, 0.2) is 5.78 Å². The molecule has 0 fully saturated rings. The summed E-state index contributed by atoms with van der Waals surface area (Å²) in [4.78, 5) is 21.1. The topological polar surface area (TPSA) is 76.2 Å². The molecule has 1 radical (unpaired) electrons. The Morgan fingerprint density at radius 2 is 1.59 bits per heavy atom. The normalized spacial score (nSPS) is 12.0. The van der Waals surface area contributed by atoms with Gasteiger partial charge in [-0.3, -0.25) is 9.78 Å². The van der Waals surface area contributed by atoms with Crippen LogP contribution < -0.4 is 0 Å². The molecule has 5 rings (SSSR count). The number of carbonyl (C=O) groups is 1. The number of allylic oxidation sites excluding steroid dienone is 2. The molecular formula is C43H53IrN2O3-. The molecule has 0 aliphatic carbocycles. The Kier molecular flexibility index (Phi) is 14.5. The number of aliphatic hydroxyl groups is 1. The average Bonchev–Trinajstić information content (AvgIpc) is 3.48. The van der Waals surface area contributed by atoms with Crippen LogP contribution in [0.15, 0.2) is 83.3 Å². The van der Waals surface area contributed by atoms with Crippen LogP contribution >= 0.6 is 0 Å². The van der Waals surface area contributed by atoms with Crippen LogP contribution in [-0.2, 0) is 36.7 Å². The smallest absolute Gasteiger partial charge is 0.226 e. The van der Waals surface area contributed by atoms with Gasteiger partial charge in [0.05, 0.1) is 5.76 Å². The fourth-order valence-corrected chi connectivity index (χ4v) is 6.22. The van der Waals surface area contributed by atoms with Crippen molar-refractivity contribution >= 4 is 27.7 Å². The average molecular weight is 838 g/mol. The molecule has 3 heterocycles. The molecule has 6 heteroatoms. The predicted octanol–water partition coefficient (Wildman–Crippen LogP) is 11.9. The van der Waals surface area contributed by atoms with Crippen LogP contribution in [0.4, 0.5) is 0 Å². The molecule has 0 unspecified atom stereocenters. The number of rotatable bonds is 11. The van der Waals surface area contributed by atoms with Gasteiger partial charge in [0.25, 0.3) is 0 Å². The van der Waals surface area contributed by atoms with Crippen molar-refractivity contribution in [3.05, 3.63) is 96.2 Å².